The first-order chi connectivity index (χ1) is 11.6. The molecule has 2 N–H and O–H groups in total. The van der Waals surface area contributed by atoms with Crippen LogP contribution in [-0.4, -0.2) is 29.9 Å². The molecule has 0 bridgehead atoms. The standard InChI is InChI=1S/C21H26N2O/c1-3-16-9-11-17(12-10-16)15(2)21(24)23-13-19(20(22)14-23)18-7-5-4-6-8-18/h4-12,15,19-20H,3,13-14,22H2,1-2H3/t15?,19-,20+/m0/s1. The second-order valence-electron chi connectivity index (χ2n) is 6.74. The van der Waals surface area contributed by atoms with E-state index in [1.807, 2.05) is 30.0 Å². The van der Waals surface area contributed by atoms with Crippen molar-refractivity contribution in [3.63, 3.8) is 0 Å². The molecular weight excluding hydrogens is 296 g/mol. The predicted octanol–water partition coefficient (Wildman–Crippen LogP) is 3.31. The largest absolute Gasteiger partial charge is 0.340 e. The Morgan fingerprint density at radius 2 is 1.79 bits per heavy atom. The molecule has 24 heavy (non-hydrogen) atoms. The summed E-state index contributed by atoms with van der Waals surface area (Å²) >= 11 is 0. The molecule has 3 atom stereocenters. The number of carbonyl (C=O) groups is 1. The van der Waals surface area contributed by atoms with Crippen LogP contribution in [0.4, 0.5) is 0 Å². The number of amides is 1. The van der Waals surface area contributed by atoms with Crippen LogP contribution < -0.4 is 5.73 Å². The highest BCUT2D eigenvalue weighted by Crippen LogP contribution is 2.29. The van der Waals surface area contributed by atoms with Crippen LogP contribution in [0, 0.1) is 0 Å². The normalized spacial score (nSPS) is 21.7. The number of aryl methyl sites for hydroxylation is 1. The highest BCUT2D eigenvalue weighted by molar-refractivity contribution is 5.83. The fourth-order valence-electron chi connectivity index (χ4n) is 3.52. The lowest BCUT2D eigenvalue weighted by Crippen LogP contribution is -2.34. The van der Waals surface area contributed by atoms with Crippen LogP contribution >= 0.6 is 0 Å². The van der Waals surface area contributed by atoms with Crippen molar-refractivity contribution in [2.24, 2.45) is 5.73 Å². The number of carbonyl (C=O) groups excluding carboxylic acids is 1. The lowest BCUT2D eigenvalue weighted by Gasteiger charge is -2.21. The van der Waals surface area contributed by atoms with Gasteiger partial charge in [0.25, 0.3) is 0 Å². The van der Waals surface area contributed by atoms with Gasteiger partial charge in [0.15, 0.2) is 0 Å². The van der Waals surface area contributed by atoms with Crippen LogP contribution in [0.2, 0.25) is 0 Å². The Morgan fingerprint density at radius 3 is 2.42 bits per heavy atom. The summed E-state index contributed by atoms with van der Waals surface area (Å²) in [5, 5.41) is 0. The van der Waals surface area contributed by atoms with E-state index in [1.54, 1.807) is 0 Å². The van der Waals surface area contributed by atoms with Gasteiger partial charge in [-0.05, 0) is 30.0 Å². The maximum Gasteiger partial charge on any atom is 0.229 e. The van der Waals surface area contributed by atoms with Gasteiger partial charge in [0, 0.05) is 25.0 Å². The molecule has 3 rings (SSSR count). The quantitative estimate of drug-likeness (QED) is 0.939. The van der Waals surface area contributed by atoms with Crippen LogP contribution in [0.1, 0.15) is 42.4 Å². The van der Waals surface area contributed by atoms with Gasteiger partial charge >= 0.3 is 0 Å². The zero-order chi connectivity index (χ0) is 17.1. The van der Waals surface area contributed by atoms with E-state index in [4.69, 9.17) is 5.73 Å². The number of rotatable bonds is 4. The predicted molar refractivity (Wildman–Crippen MR) is 98.0 cm³/mol. The first-order valence-electron chi connectivity index (χ1n) is 8.78. The molecule has 1 unspecified atom stereocenters. The summed E-state index contributed by atoms with van der Waals surface area (Å²) in [5.41, 5.74) is 9.92. The fourth-order valence-corrected chi connectivity index (χ4v) is 3.52. The summed E-state index contributed by atoms with van der Waals surface area (Å²) in [6, 6.07) is 18.7. The Kier molecular flexibility index (Phi) is 5.00. The third-order valence-corrected chi connectivity index (χ3v) is 5.16. The van der Waals surface area contributed by atoms with Crippen LogP contribution in [0.5, 0.6) is 0 Å². The van der Waals surface area contributed by atoms with Gasteiger partial charge in [-0.2, -0.15) is 0 Å². The Labute approximate surface area is 144 Å². The lowest BCUT2D eigenvalue weighted by atomic mass is 9.95. The number of nitrogens with zero attached hydrogens (tertiary/aromatic N) is 1. The lowest BCUT2D eigenvalue weighted by molar-refractivity contribution is -0.131. The average molecular weight is 322 g/mol. The van der Waals surface area contributed by atoms with Gasteiger partial charge in [-0.1, -0.05) is 61.5 Å². The molecule has 1 heterocycles. The SMILES string of the molecule is CCc1ccc(C(C)C(=O)N2C[C@@H](N)[C@H](c3ccccc3)C2)cc1. The molecule has 1 fully saturated rings. The second-order valence-corrected chi connectivity index (χ2v) is 6.74. The first-order valence-corrected chi connectivity index (χ1v) is 8.78. The van der Waals surface area contributed by atoms with Gasteiger partial charge in [-0.15, -0.1) is 0 Å². The van der Waals surface area contributed by atoms with Crippen LogP contribution in [-0.2, 0) is 11.2 Å². The van der Waals surface area contributed by atoms with E-state index < -0.39 is 0 Å². The summed E-state index contributed by atoms with van der Waals surface area (Å²) in [4.78, 5) is 14.8. The van der Waals surface area contributed by atoms with Gasteiger partial charge in [-0.3, -0.25) is 4.79 Å². The van der Waals surface area contributed by atoms with Crippen molar-refractivity contribution in [2.45, 2.75) is 38.1 Å². The monoisotopic (exact) mass is 322 g/mol. The molecule has 1 amide bonds. The van der Waals surface area contributed by atoms with Gasteiger partial charge in [0.05, 0.1) is 5.92 Å². The van der Waals surface area contributed by atoms with E-state index in [1.165, 1.54) is 11.1 Å². The molecule has 0 saturated carbocycles. The minimum Gasteiger partial charge on any atom is -0.340 e. The molecular formula is C21H26N2O. The van der Waals surface area contributed by atoms with Crippen molar-refractivity contribution in [3.8, 4) is 0 Å². The molecule has 0 aliphatic carbocycles. The van der Waals surface area contributed by atoms with Gasteiger partial charge in [-0.25, -0.2) is 0 Å². The second kappa shape index (κ2) is 7.18. The number of hydrogen-bond acceptors (Lipinski definition) is 2. The van der Waals surface area contributed by atoms with E-state index >= 15 is 0 Å². The number of likely N-dealkylation sites (tertiary alicyclic amines) is 1. The van der Waals surface area contributed by atoms with E-state index in [-0.39, 0.29) is 23.8 Å². The van der Waals surface area contributed by atoms with Gasteiger partial charge in [0.1, 0.15) is 0 Å². The van der Waals surface area contributed by atoms with E-state index in [0.717, 1.165) is 12.0 Å². The fraction of sp³-hybridized carbons (Fsp3) is 0.381. The van der Waals surface area contributed by atoms with Crippen LogP contribution in [0.3, 0.4) is 0 Å². The molecule has 3 nitrogen and oxygen atoms in total. The summed E-state index contributed by atoms with van der Waals surface area (Å²) in [5.74, 6) is 0.274. The molecule has 3 heteroatoms. The Hall–Kier alpha value is -2.13. The first kappa shape index (κ1) is 16.7. The van der Waals surface area contributed by atoms with Crippen LogP contribution in [0.15, 0.2) is 54.6 Å². The average Bonchev–Trinajstić information content (AvgIpc) is 3.03. The number of hydrogen-bond donors (Lipinski definition) is 1. The molecule has 1 saturated heterocycles. The summed E-state index contributed by atoms with van der Waals surface area (Å²) in [7, 11) is 0. The highest BCUT2D eigenvalue weighted by Gasteiger charge is 2.35. The smallest absolute Gasteiger partial charge is 0.229 e. The molecule has 0 spiro atoms. The number of nitrogens with two attached hydrogens (primary N) is 1. The molecule has 1 aliphatic heterocycles. The Balaban J connectivity index is 1.71. The van der Waals surface area contributed by atoms with Crippen molar-refractivity contribution in [1.29, 1.82) is 0 Å². The van der Waals surface area contributed by atoms with Crippen LogP contribution in [0.25, 0.3) is 0 Å². The maximum atomic E-state index is 12.9. The number of benzene rings is 2. The Bertz CT molecular complexity index is 681. The zero-order valence-corrected chi connectivity index (χ0v) is 14.5. The van der Waals surface area contributed by atoms with Gasteiger partial charge < -0.3 is 10.6 Å². The molecule has 2 aromatic rings. The zero-order valence-electron chi connectivity index (χ0n) is 14.5. The summed E-state index contributed by atoms with van der Waals surface area (Å²) < 4.78 is 0. The molecule has 126 valence electrons. The minimum atomic E-state index is -0.127. The van der Waals surface area contributed by atoms with Gasteiger partial charge in [0.2, 0.25) is 5.91 Å². The van der Waals surface area contributed by atoms with E-state index in [2.05, 4.69) is 43.3 Å². The van der Waals surface area contributed by atoms with Crippen molar-refractivity contribution in [1.82, 2.24) is 4.90 Å². The van der Waals surface area contributed by atoms with Crippen molar-refractivity contribution in [2.75, 3.05) is 13.1 Å². The van der Waals surface area contributed by atoms with Crippen molar-refractivity contribution >= 4 is 5.91 Å². The molecule has 2 aromatic carbocycles. The third kappa shape index (κ3) is 3.36. The van der Waals surface area contributed by atoms with E-state index in [0.29, 0.717) is 13.1 Å². The summed E-state index contributed by atoms with van der Waals surface area (Å²) in [6.07, 6.45) is 1.02. The molecule has 0 aromatic heterocycles. The van der Waals surface area contributed by atoms with Crippen molar-refractivity contribution in [3.05, 3.63) is 71.3 Å². The minimum absolute atomic E-state index is 0.00557. The molecule has 1 aliphatic rings. The summed E-state index contributed by atoms with van der Waals surface area (Å²) in [6.45, 7) is 5.47. The Morgan fingerprint density at radius 1 is 1.12 bits per heavy atom. The maximum absolute atomic E-state index is 12.9. The topological polar surface area (TPSA) is 46.3 Å². The third-order valence-electron chi connectivity index (χ3n) is 5.16. The van der Waals surface area contributed by atoms with Crippen molar-refractivity contribution < 1.29 is 4.79 Å². The highest BCUT2D eigenvalue weighted by atomic mass is 16.2. The van der Waals surface area contributed by atoms with E-state index in [9.17, 15) is 4.79 Å². The molecule has 0 radical (unpaired) electrons.